The van der Waals surface area contributed by atoms with Crippen LogP contribution in [0.25, 0.3) is 0 Å². The van der Waals surface area contributed by atoms with Crippen molar-refractivity contribution in [2.24, 2.45) is 0 Å². The van der Waals surface area contributed by atoms with Crippen LogP contribution < -0.4 is 0 Å². The molecule has 0 unspecified atom stereocenters. The molecule has 304 valence electrons. The summed E-state index contributed by atoms with van der Waals surface area (Å²) in [7, 11) is -40.9. The van der Waals surface area contributed by atoms with Crippen molar-refractivity contribution >= 4 is 85.4 Å². The quantitative estimate of drug-likeness (QED) is 0.0469. The van der Waals surface area contributed by atoms with Crippen LogP contribution in [-0.2, 0) is 116 Å². The second-order valence-electron chi connectivity index (χ2n) is 9.08. The second kappa shape index (κ2) is 16.6. The van der Waals surface area contributed by atoms with Gasteiger partial charge in [0.25, 0.3) is 0 Å². The van der Waals surface area contributed by atoms with E-state index in [9.17, 15) is 81.7 Å². The van der Waals surface area contributed by atoms with E-state index in [0.29, 0.717) is 0 Å². The first-order valence-electron chi connectivity index (χ1n) is 11.7. The number of hydrogen-bond donors (Lipinski definition) is 8. The van der Waals surface area contributed by atoms with E-state index in [-0.39, 0.29) is 0 Å². The van der Waals surface area contributed by atoms with Crippen LogP contribution in [0.5, 0.6) is 0 Å². The van der Waals surface area contributed by atoms with E-state index in [1.54, 1.807) is 0 Å². The molecule has 0 saturated carbocycles. The van der Waals surface area contributed by atoms with Gasteiger partial charge in [0.05, 0.1) is 13.2 Å². The molecule has 0 bridgehead atoms. The molecule has 0 radical (unpaired) electrons. The van der Waals surface area contributed by atoms with Crippen LogP contribution in [-0.4, -0.2) is 165 Å². The molecule has 31 nitrogen and oxygen atoms in total. The van der Waals surface area contributed by atoms with E-state index in [0.717, 1.165) is 0 Å². The predicted molar refractivity (Wildman–Crippen MR) is 148 cm³/mol. The maximum absolute atomic E-state index is 11.8. The van der Waals surface area contributed by atoms with Crippen molar-refractivity contribution in [1.82, 2.24) is 0 Å². The highest BCUT2D eigenvalue weighted by molar-refractivity contribution is 7.82. The molecule has 2 rings (SSSR count). The van der Waals surface area contributed by atoms with Gasteiger partial charge in [-0.1, -0.05) is 0 Å². The van der Waals surface area contributed by atoms with E-state index >= 15 is 0 Å². The molecule has 7 N–H and O–H groups in total. The van der Waals surface area contributed by atoms with Gasteiger partial charge in [-0.25, -0.2) is 29.3 Å². The Hall–Kier alpha value is -0.680. The fraction of sp³-hybridized carbons (Fsp3) is 1.00. The number of rotatable bonds is 18. The van der Waals surface area contributed by atoms with E-state index in [1.165, 1.54) is 0 Å². The summed E-state index contributed by atoms with van der Waals surface area (Å²) in [6, 6.07) is 0. The molecule has 2 aliphatic rings. The minimum Gasteiger partial charge on any atom is -0.356 e. The van der Waals surface area contributed by atoms with Crippen molar-refractivity contribution in [3.05, 3.63) is 0 Å². The molecule has 0 aromatic rings. The van der Waals surface area contributed by atoms with Crippen molar-refractivity contribution in [2.75, 3.05) is 13.2 Å². The van der Waals surface area contributed by atoms with Crippen LogP contribution in [0, 0.1) is 0 Å². The van der Waals surface area contributed by atoms with Crippen molar-refractivity contribution in [2.45, 2.75) is 60.6 Å². The molecule has 51 heavy (non-hydrogen) atoms. The fourth-order valence-corrected chi connectivity index (χ4v) is 7.59. The lowest BCUT2D eigenvalue weighted by Gasteiger charge is -2.47. The number of thiol groups is 1. The molecular weight excluding hydrogens is 897 g/mol. The molecule has 39 heteroatoms. The lowest BCUT2D eigenvalue weighted by molar-refractivity contribution is -0.325. The average molecular weight is 919 g/mol. The Labute approximate surface area is 292 Å². The molecule has 0 amide bonds. The first kappa shape index (κ1) is 46.5. The zero-order valence-electron chi connectivity index (χ0n) is 23.4. The Kier molecular flexibility index (Phi) is 15.1. The highest BCUT2D eigenvalue weighted by Crippen LogP contribution is 2.37. The van der Waals surface area contributed by atoms with Crippen LogP contribution in [0.1, 0.15) is 0 Å². The maximum Gasteiger partial charge on any atom is 0.397 e. The van der Waals surface area contributed by atoms with Crippen molar-refractivity contribution in [1.29, 1.82) is 0 Å². The lowest BCUT2D eigenvalue weighted by atomic mass is 9.97. The van der Waals surface area contributed by atoms with Crippen molar-refractivity contribution in [3.8, 4) is 0 Å². The van der Waals surface area contributed by atoms with Gasteiger partial charge in [0.15, 0.2) is 12.4 Å². The van der Waals surface area contributed by atoms with E-state index in [1.807, 2.05) is 0 Å². The molecular formula is C12H22O31S8. The van der Waals surface area contributed by atoms with Gasteiger partial charge in [0, 0.05) is 0 Å². The molecule has 2 fully saturated rings. The first-order valence-corrected chi connectivity index (χ1v) is 21.8. The molecule has 0 spiro atoms. The second-order valence-corrected chi connectivity index (χ2v) is 17.0. The summed E-state index contributed by atoms with van der Waals surface area (Å²) in [4.78, 5) is 0. The average Bonchev–Trinajstić information content (AvgIpc) is 2.84. The topological polar surface area (TPSA) is 473 Å². The molecule has 10 atom stereocenters. The normalized spacial score (nSPS) is 32.1. The van der Waals surface area contributed by atoms with Gasteiger partial charge in [-0.15, -0.1) is 12.6 Å². The Morgan fingerprint density at radius 1 is 0.412 bits per heavy atom. The highest BCUT2D eigenvalue weighted by Gasteiger charge is 2.58. The molecule has 2 aliphatic heterocycles. The van der Waals surface area contributed by atoms with Gasteiger partial charge in [-0.3, -0.25) is 31.9 Å². The first-order chi connectivity index (χ1) is 22.5. The summed E-state index contributed by atoms with van der Waals surface area (Å²) in [5.41, 5.74) is -2.25. The maximum atomic E-state index is 11.8. The van der Waals surface area contributed by atoms with Crippen LogP contribution in [0.3, 0.4) is 0 Å². The fourth-order valence-electron chi connectivity index (χ4n) is 4.02. The van der Waals surface area contributed by atoms with Crippen LogP contribution in [0.15, 0.2) is 0 Å². The third-order valence-corrected chi connectivity index (χ3v) is 9.03. The predicted octanol–water partition coefficient (Wildman–Crippen LogP) is -5.67. The summed E-state index contributed by atoms with van der Waals surface area (Å²) < 4.78 is 270. The lowest BCUT2D eigenvalue weighted by Crippen LogP contribution is -2.66. The molecule has 2 heterocycles. The minimum atomic E-state index is -6.07. The van der Waals surface area contributed by atoms with E-state index in [2.05, 4.69) is 41.9 Å². The standard InChI is InChI=1S/C12H22O31S8/c13-45(14,15)34-1-3-5(7(40-48(22,23)24)10(12(44)37-3)43-51(31,32)33)38-11-9(42-50(28,29)30)8(41-49(25,26)27)6(39-47(19,20)21)4(36-11)2-35-46(16,17)18/h3-12,44H,1-2H2,(H,13,14,15)(H,16,17,18)(H,19,20,21)(H,22,23,24)(H,25,26,27)(H,28,29,30)(H,31,32,33)/t3-,4-,5-,6-,7+,8+,9-,10-,11-,12+/m1/s1. The van der Waals surface area contributed by atoms with Crippen molar-refractivity contribution in [3.63, 3.8) is 0 Å². The van der Waals surface area contributed by atoms with Gasteiger partial charge in [-0.2, -0.15) is 58.9 Å². The van der Waals surface area contributed by atoms with E-state index in [4.69, 9.17) is 23.3 Å². The monoisotopic (exact) mass is 918 g/mol. The van der Waals surface area contributed by atoms with Crippen LogP contribution >= 0.6 is 12.6 Å². The number of hydrogen-bond acceptors (Lipinski definition) is 25. The smallest absolute Gasteiger partial charge is 0.356 e. The Balaban J connectivity index is 2.92. The zero-order valence-corrected chi connectivity index (χ0v) is 30.0. The molecule has 0 aromatic carbocycles. The van der Waals surface area contributed by atoms with Crippen LogP contribution in [0.2, 0.25) is 0 Å². The largest absolute Gasteiger partial charge is 0.397 e. The third kappa shape index (κ3) is 17.1. The summed E-state index contributed by atoms with van der Waals surface area (Å²) in [6.45, 7) is -3.45. The Morgan fingerprint density at radius 3 is 1.10 bits per heavy atom. The van der Waals surface area contributed by atoms with Gasteiger partial charge in [-0.05, 0) is 0 Å². The summed E-state index contributed by atoms with van der Waals surface area (Å²) >= 11 is 3.68. The highest BCUT2D eigenvalue weighted by atomic mass is 32.3. The van der Waals surface area contributed by atoms with Gasteiger partial charge >= 0.3 is 72.8 Å². The molecule has 2 saturated heterocycles. The Bertz CT molecular complexity index is 2000. The van der Waals surface area contributed by atoms with Gasteiger partial charge in [0.2, 0.25) is 0 Å². The summed E-state index contributed by atoms with van der Waals surface area (Å²) in [5.74, 6) is 0. The van der Waals surface area contributed by atoms with Crippen LogP contribution in [0.4, 0.5) is 0 Å². The zero-order chi connectivity index (χ0) is 39.8. The van der Waals surface area contributed by atoms with Gasteiger partial charge in [0.1, 0.15) is 48.2 Å². The Morgan fingerprint density at radius 2 is 0.725 bits per heavy atom. The molecule has 0 aliphatic carbocycles. The van der Waals surface area contributed by atoms with E-state index < -0.39 is 147 Å². The summed E-state index contributed by atoms with van der Waals surface area (Å²) in [5, 5.41) is 0. The number of ether oxygens (including phenoxy) is 3. The molecule has 0 aromatic heterocycles. The van der Waals surface area contributed by atoms with Crippen molar-refractivity contribution < 1.29 is 134 Å². The van der Waals surface area contributed by atoms with Gasteiger partial charge < -0.3 is 14.2 Å². The third-order valence-electron chi connectivity index (χ3n) is 5.42. The minimum absolute atomic E-state index is 1.63. The summed E-state index contributed by atoms with van der Waals surface area (Å²) in [6.07, 6.45) is -26.3. The SMILES string of the molecule is O=S(=O)(O)OC[C@H]1O[C@@H](S)[C@H](OS(=O)(=O)O)[C@@H](OS(=O)(=O)O)[C@@H]1O[C@H]1O[C@H](COS(=O)(=O)O)[C@@H](OS(=O)(=O)O)[C@H](OS(=O)(=O)O)[C@H]1OS(=O)(=O)O.